The van der Waals surface area contributed by atoms with E-state index in [1.54, 1.807) is 0 Å². The lowest BCUT2D eigenvalue weighted by Crippen LogP contribution is -2.40. The second-order valence-corrected chi connectivity index (χ2v) is 3.86. The zero-order chi connectivity index (χ0) is 11.8. The first-order chi connectivity index (χ1) is 7.81. The first-order valence-electron chi connectivity index (χ1n) is 5.99. The van der Waals surface area contributed by atoms with Crippen molar-refractivity contribution in [3.8, 4) is 0 Å². The van der Waals surface area contributed by atoms with E-state index >= 15 is 0 Å². The van der Waals surface area contributed by atoms with Gasteiger partial charge in [-0.1, -0.05) is 6.92 Å². The Morgan fingerprint density at radius 3 is 2.50 bits per heavy atom. The summed E-state index contributed by atoms with van der Waals surface area (Å²) in [5.41, 5.74) is 1.30. The number of rotatable bonds is 7. The van der Waals surface area contributed by atoms with Crippen LogP contribution in [0, 0.1) is 0 Å². The molecule has 2 unspecified atom stereocenters. The molecule has 0 aliphatic carbocycles. The minimum atomic E-state index is 0.281. The molecule has 3 nitrogen and oxygen atoms in total. The molecule has 0 aromatic carbocycles. The summed E-state index contributed by atoms with van der Waals surface area (Å²) in [4.78, 5) is 4.03. The van der Waals surface area contributed by atoms with Crippen LogP contribution in [0.2, 0.25) is 0 Å². The van der Waals surface area contributed by atoms with Gasteiger partial charge in [-0.15, -0.1) is 0 Å². The van der Waals surface area contributed by atoms with Crippen molar-refractivity contribution < 1.29 is 4.74 Å². The van der Waals surface area contributed by atoms with Crippen molar-refractivity contribution in [2.24, 2.45) is 0 Å². The van der Waals surface area contributed by atoms with E-state index in [4.69, 9.17) is 4.74 Å². The molecule has 90 valence electrons. The summed E-state index contributed by atoms with van der Waals surface area (Å²) in [6.45, 7) is 4.98. The molecule has 0 spiro atoms. The molecule has 1 heterocycles. The molecular formula is C13H22N2O. The SMILES string of the molecule is CCOC(CC)C(Cc1ccncc1)NC. The lowest BCUT2D eigenvalue weighted by Gasteiger charge is -2.25. The molecule has 0 amide bonds. The molecule has 0 saturated carbocycles. The number of nitrogens with zero attached hydrogens (tertiary/aromatic N) is 1. The van der Waals surface area contributed by atoms with Crippen molar-refractivity contribution in [3.63, 3.8) is 0 Å². The third-order valence-corrected chi connectivity index (χ3v) is 2.81. The largest absolute Gasteiger partial charge is 0.377 e. The second kappa shape index (κ2) is 7.36. The van der Waals surface area contributed by atoms with E-state index in [9.17, 15) is 0 Å². The highest BCUT2D eigenvalue weighted by atomic mass is 16.5. The Hall–Kier alpha value is -0.930. The number of ether oxygens (including phenoxy) is 1. The highest BCUT2D eigenvalue weighted by Gasteiger charge is 2.18. The van der Waals surface area contributed by atoms with E-state index in [1.807, 2.05) is 26.4 Å². The fraction of sp³-hybridized carbons (Fsp3) is 0.615. The zero-order valence-electron chi connectivity index (χ0n) is 10.4. The summed E-state index contributed by atoms with van der Waals surface area (Å²) in [6, 6.07) is 4.48. The first kappa shape index (κ1) is 13.1. The molecule has 16 heavy (non-hydrogen) atoms. The minimum Gasteiger partial charge on any atom is -0.377 e. The van der Waals surface area contributed by atoms with Crippen LogP contribution >= 0.6 is 0 Å². The van der Waals surface area contributed by atoms with Crippen molar-refractivity contribution >= 4 is 0 Å². The maximum absolute atomic E-state index is 5.74. The Morgan fingerprint density at radius 1 is 1.31 bits per heavy atom. The molecule has 0 aliphatic heterocycles. The smallest absolute Gasteiger partial charge is 0.0728 e. The van der Waals surface area contributed by atoms with E-state index < -0.39 is 0 Å². The van der Waals surface area contributed by atoms with Gasteiger partial charge in [0.05, 0.1) is 6.10 Å². The molecule has 1 N–H and O–H groups in total. The molecule has 0 saturated heterocycles. The van der Waals surface area contributed by atoms with Crippen molar-refractivity contribution in [3.05, 3.63) is 30.1 Å². The van der Waals surface area contributed by atoms with Gasteiger partial charge in [0, 0.05) is 25.0 Å². The van der Waals surface area contributed by atoms with Gasteiger partial charge in [-0.05, 0) is 44.5 Å². The van der Waals surface area contributed by atoms with Gasteiger partial charge in [0.25, 0.3) is 0 Å². The Labute approximate surface area is 98.2 Å². The van der Waals surface area contributed by atoms with Gasteiger partial charge >= 0.3 is 0 Å². The highest BCUT2D eigenvalue weighted by Crippen LogP contribution is 2.10. The van der Waals surface area contributed by atoms with Crippen LogP contribution in [-0.4, -0.2) is 30.8 Å². The van der Waals surface area contributed by atoms with Gasteiger partial charge in [-0.2, -0.15) is 0 Å². The van der Waals surface area contributed by atoms with Crippen molar-refractivity contribution in [2.75, 3.05) is 13.7 Å². The van der Waals surface area contributed by atoms with Crippen LogP contribution in [0.25, 0.3) is 0 Å². The second-order valence-electron chi connectivity index (χ2n) is 3.86. The molecule has 2 atom stereocenters. The molecule has 0 bridgehead atoms. The van der Waals surface area contributed by atoms with E-state index in [1.165, 1.54) is 5.56 Å². The molecule has 1 aromatic heterocycles. The maximum atomic E-state index is 5.74. The van der Waals surface area contributed by atoms with Crippen LogP contribution in [0.5, 0.6) is 0 Å². The van der Waals surface area contributed by atoms with Crippen molar-refractivity contribution in [1.82, 2.24) is 10.3 Å². The van der Waals surface area contributed by atoms with Crippen LogP contribution < -0.4 is 5.32 Å². The normalized spacial score (nSPS) is 14.7. The number of nitrogens with one attached hydrogen (secondary N) is 1. The summed E-state index contributed by atoms with van der Waals surface area (Å²) < 4.78 is 5.74. The van der Waals surface area contributed by atoms with Crippen molar-refractivity contribution in [2.45, 2.75) is 38.8 Å². The van der Waals surface area contributed by atoms with Crippen LogP contribution in [0.1, 0.15) is 25.8 Å². The molecule has 3 heteroatoms. The summed E-state index contributed by atoms with van der Waals surface area (Å²) in [5, 5.41) is 3.34. The third kappa shape index (κ3) is 3.91. The van der Waals surface area contributed by atoms with Crippen LogP contribution in [0.4, 0.5) is 0 Å². The zero-order valence-corrected chi connectivity index (χ0v) is 10.4. The van der Waals surface area contributed by atoms with Crippen LogP contribution in [0.3, 0.4) is 0 Å². The van der Waals surface area contributed by atoms with Crippen LogP contribution in [-0.2, 0) is 11.2 Å². The van der Waals surface area contributed by atoms with E-state index in [0.717, 1.165) is 19.4 Å². The fourth-order valence-corrected chi connectivity index (χ4v) is 1.92. The summed E-state index contributed by atoms with van der Waals surface area (Å²) in [7, 11) is 1.99. The van der Waals surface area contributed by atoms with Gasteiger partial charge in [0.2, 0.25) is 0 Å². The standard InChI is InChI=1S/C13H22N2O/c1-4-13(16-5-2)12(14-3)10-11-6-8-15-9-7-11/h6-9,12-14H,4-5,10H2,1-3H3. The molecule has 1 rings (SSSR count). The molecule has 0 fully saturated rings. The number of hydrogen-bond donors (Lipinski definition) is 1. The predicted octanol–water partition coefficient (Wildman–Crippen LogP) is 2.03. The number of pyridine rings is 1. The van der Waals surface area contributed by atoms with Gasteiger partial charge in [-0.3, -0.25) is 4.98 Å². The number of aromatic nitrogens is 1. The number of hydrogen-bond acceptors (Lipinski definition) is 3. The average molecular weight is 222 g/mol. The monoisotopic (exact) mass is 222 g/mol. The Bertz CT molecular complexity index is 277. The minimum absolute atomic E-state index is 0.281. The molecule has 1 aromatic rings. The van der Waals surface area contributed by atoms with E-state index in [2.05, 4.69) is 29.4 Å². The Kier molecular flexibility index (Phi) is 6.04. The summed E-state index contributed by atoms with van der Waals surface area (Å²) in [5.74, 6) is 0. The highest BCUT2D eigenvalue weighted by molar-refractivity contribution is 5.11. The third-order valence-electron chi connectivity index (χ3n) is 2.81. The summed E-state index contributed by atoms with van der Waals surface area (Å²) >= 11 is 0. The fourth-order valence-electron chi connectivity index (χ4n) is 1.92. The molecule has 0 radical (unpaired) electrons. The lowest BCUT2D eigenvalue weighted by molar-refractivity contribution is 0.0339. The lowest BCUT2D eigenvalue weighted by atomic mass is 10.0. The van der Waals surface area contributed by atoms with Gasteiger partial charge in [0.1, 0.15) is 0 Å². The molecule has 0 aliphatic rings. The van der Waals surface area contributed by atoms with E-state index in [-0.39, 0.29) is 6.10 Å². The molecular weight excluding hydrogens is 200 g/mol. The number of likely N-dealkylation sites (N-methyl/N-ethyl adjacent to an activating group) is 1. The van der Waals surface area contributed by atoms with Gasteiger partial charge < -0.3 is 10.1 Å². The quantitative estimate of drug-likeness (QED) is 0.766. The average Bonchev–Trinajstić information content (AvgIpc) is 2.35. The van der Waals surface area contributed by atoms with E-state index in [0.29, 0.717) is 6.04 Å². The Balaban J connectivity index is 2.60. The van der Waals surface area contributed by atoms with Gasteiger partial charge in [-0.25, -0.2) is 0 Å². The van der Waals surface area contributed by atoms with Crippen molar-refractivity contribution in [1.29, 1.82) is 0 Å². The van der Waals surface area contributed by atoms with Crippen LogP contribution in [0.15, 0.2) is 24.5 Å². The maximum Gasteiger partial charge on any atom is 0.0728 e. The predicted molar refractivity (Wildman–Crippen MR) is 66.5 cm³/mol. The Morgan fingerprint density at radius 2 is 2.00 bits per heavy atom. The summed E-state index contributed by atoms with van der Waals surface area (Å²) in [6.07, 6.45) is 5.97. The topological polar surface area (TPSA) is 34.1 Å². The first-order valence-corrected chi connectivity index (χ1v) is 5.99. The van der Waals surface area contributed by atoms with Gasteiger partial charge in [0.15, 0.2) is 0 Å².